The molecule has 4 heteroatoms. The summed E-state index contributed by atoms with van der Waals surface area (Å²) in [7, 11) is 0. The lowest BCUT2D eigenvalue weighted by atomic mass is 10.2. The molecule has 94 valence electrons. The zero-order valence-corrected chi connectivity index (χ0v) is 10.6. The van der Waals surface area contributed by atoms with Crippen LogP contribution in [0.15, 0.2) is 30.7 Å². The van der Waals surface area contributed by atoms with Crippen LogP contribution in [-0.2, 0) is 13.1 Å². The highest BCUT2D eigenvalue weighted by molar-refractivity contribution is 5.15. The largest absolute Gasteiger partial charge is 0.310 e. The number of rotatable bonds is 5. The van der Waals surface area contributed by atoms with Crippen LogP contribution < -0.4 is 5.32 Å². The summed E-state index contributed by atoms with van der Waals surface area (Å²) in [6, 6.07) is 4.98. The van der Waals surface area contributed by atoms with Crippen molar-refractivity contribution >= 4 is 0 Å². The standard InChI is InChI=1S/C14H18N4/c1-11-6-17-18(9-11)10-14-3-2-12(8-16-14)7-15-13-4-5-13/h2-3,6,8-9,13,15H,4-5,7,10H2,1H3. The van der Waals surface area contributed by atoms with E-state index in [0.29, 0.717) is 0 Å². The molecule has 18 heavy (non-hydrogen) atoms. The number of aromatic nitrogens is 3. The first-order valence-corrected chi connectivity index (χ1v) is 6.46. The quantitative estimate of drug-likeness (QED) is 0.870. The van der Waals surface area contributed by atoms with Gasteiger partial charge in [-0.2, -0.15) is 5.10 Å². The molecule has 2 aromatic heterocycles. The zero-order chi connectivity index (χ0) is 12.4. The van der Waals surface area contributed by atoms with E-state index in [2.05, 4.69) is 27.5 Å². The Morgan fingerprint density at radius 2 is 2.22 bits per heavy atom. The van der Waals surface area contributed by atoms with Gasteiger partial charge in [-0.1, -0.05) is 6.07 Å². The Labute approximate surface area is 107 Å². The topological polar surface area (TPSA) is 42.7 Å². The predicted octanol–water partition coefficient (Wildman–Crippen LogP) is 1.89. The fourth-order valence-electron chi connectivity index (χ4n) is 1.92. The van der Waals surface area contributed by atoms with E-state index in [1.807, 2.05) is 30.2 Å². The van der Waals surface area contributed by atoms with E-state index < -0.39 is 0 Å². The summed E-state index contributed by atoms with van der Waals surface area (Å²) < 4.78 is 1.92. The Bertz CT molecular complexity index is 511. The third-order valence-corrected chi connectivity index (χ3v) is 3.14. The molecule has 1 aliphatic rings. The summed E-state index contributed by atoms with van der Waals surface area (Å²) in [5, 5.41) is 7.75. The van der Waals surface area contributed by atoms with Gasteiger partial charge < -0.3 is 5.32 Å². The number of nitrogens with one attached hydrogen (secondary N) is 1. The second-order valence-electron chi connectivity index (χ2n) is 5.03. The number of hydrogen-bond acceptors (Lipinski definition) is 3. The summed E-state index contributed by atoms with van der Waals surface area (Å²) >= 11 is 0. The van der Waals surface area contributed by atoms with Crippen molar-refractivity contribution in [2.45, 2.75) is 38.9 Å². The first-order valence-electron chi connectivity index (χ1n) is 6.46. The van der Waals surface area contributed by atoms with E-state index in [0.717, 1.165) is 24.8 Å². The monoisotopic (exact) mass is 242 g/mol. The maximum atomic E-state index is 4.48. The van der Waals surface area contributed by atoms with Crippen LogP contribution >= 0.6 is 0 Å². The maximum absolute atomic E-state index is 4.48. The Hall–Kier alpha value is -1.68. The normalized spacial score (nSPS) is 14.9. The van der Waals surface area contributed by atoms with Gasteiger partial charge in [0.15, 0.2) is 0 Å². The van der Waals surface area contributed by atoms with Crippen molar-refractivity contribution in [2.24, 2.45) is 0 Å². The van der Waals surface area contributed by atoms with Gasteiger partial charge in [-0.15, -0.1) is 0 Å². The van der Waals surface area contributed by atoms with Crippen LogP contribution in [-0.4, -0.2) is 20.8 Å². The molecule has 0 bridgehead atoms. The highest BCUT2D eigenvalue weighted by Crippen LogP contribution is 2.19. The van der Waals surface area contributed by atoms with Gasteiger partial charge in [0.05, 0.1) is 18.4 Å². The molecule has 0 saturated heterocycles. The molecule has 3 rings (SSSR count). The molecule has 1 fully saturated rings. The molecule has 4 nitrogen and oxygen atoms in total. The van der Waals surface area contributed by atoms with Crippen LogP contribution in [0.2, 0.25) is 0 Å². The SMILES string of the molecule is Cc1cnn(Cc2ccc(CNC3CC3)cn2)c1. The van der Waals surface area contributed by atoms with Gasteiger partial charge in [0, 0.05) is 25.0 Å². The lowest BCUT2D eigenvalue weighted by Gasteiger charge is -2.05. The van der Waals surface area contributed by atoms with Crippen molar-refractivity contribution in [1.29, 1.82) is 0 Å². The van der Waals surface area contributed by atoms with Gasteiger partial charge >= 0.3 is 0 Å². The third kappa shape index (κ3) is 2.96. The minimum atomic E-state index is 0.740. The Kier molecular flexibility index (Phi) is 3.11. The Balaban J connectivity index is 1.59. The van der Waals surface area contributed by atoms with E-state index in [1.54, 1.807) is 0 Å². The zero-order valence-electron chi connectivity index (χ0n) is 10.6. The van der Waals surface area contributed by atoms with E-state index in [-0.39, 0.29) is 0 Å². The summed E-state index contributed by atoms with van der Waals surface area (Å²) in [4.78, 5) is 4.48. The van der Waals surface area contributed by atoms with E-state index in [1.165, 1.54) is 24.0 Å². The molecule has 1 N–H and O–H groups in total. The van der Waals surface area contributed by atoms with Crippen LogP contribution in [0, 0.1) is 6.92 Å². The number of aryl methyl sites for hydroxylation is 1. The molecular weight excluding hydrogens is 224 g/mol. The second-order valence-corrected chi connectivity index (χ2v) is 5.03. The van der Waals surface area contributed by atoms with E-state index >= 15 is 0 Å². The smallest absolute Gasteiger partial charge is 0.0831 e. The van der Waals surface area contributed by atoms with Gasteiger partial charge in [0.1, 0.15) is 0 Å². The van der Waals surface area contributed by atoms with Crippen molar-refractivity contribution < 1.29 is 0 Å². The summed E-state index contributed by atoms with van der Waals surface area (Å²) in [5.41, 5.74) is 3.48. The van der Waals surface area contributed by atoms with E-state index in [4.69, 9.17) is 0 Å². The molecule has 0 aliphatic heterocycles. The minimum Gasteiger partial charge on any atom is -0.310 e. The molecule has 0 unspecified atom stereocenters. The van der Waals surface area contributed by atoms with Crippen molar-refractivity contribution in [3.05, 3.63) is 47.5 Å². The highest BCUT2D eigenvalue weighted by Gasteiger charge is 2.19. The molecule has 1 aliphatic carbocycles. The molecule has 0 amide bonds. The Morgan fingerprint density at radius 3 is 2.83 bits per heavy atom. The van der Waals surface area contributed by atoms with Crippen LogP contribution in [0.3, 0.4) is 0 Å². The van der Waals surface area contributed by atoms with Gasteiger partial charge in [-0.05, 0) is 37.0 Å². The summed E-state index contributed by atoms with van der Waals surface area (Å²) in [6.45, 7) is 3.71. The van der Waals surface area contributed by atoms with Crippen LogP contribution in [0.1, 0.15) is 29.7 Å². The van der Waals surface area contributed by atoms with Crippen molar-refractivity contribution in [1.82, 2.24) is 20.1 Å². The molecule has 0 spiro atoms. The first kappa shape index (κ1) is 11.4. The molecule has 1 saturated carbocycles. The molecular formula is C14H18N4. The molecule has 2 heterocycles. The van der Waals surface area contributed by atoms with Crippen molar-refractivity contribution in [2.75, 3.05) is 0 Å². The van der Waals surface area contributed by atoms with Gasteiger partial charge in [0.25, 0.3) is 0 Å². The van der Waals surface area contributed by atoms with Crippen LogP contribution in [0.5, 0.6) is 0 Å². The molecule has 2 aromatic rings. The minimum absolute atomic E-state index is 0.740. The predicted molar refractivity (Wildman–Crippen MR) is 70.2 cm³/mol. The summed E-state index contributed by atoms with van der Waals surface area (Å²) in [6.07, 6.45) is 8.51. The summed E-state index contributed by atoms with van der Waals surface area (Å²) in [5.74, 6) is 0. The molecule has 0 atom stereocenters. The van der Waals surface area contributed by atoms with Gasteiger partial charge in [-0.25, -0.2) is 0 Å². The molecule has 0 aromatic carbocycles. The van der Waals surface area contributed by atoms with E-state index in [9.17, 15) is 0 Å². The fraction of sp³-hybridized carbons (Fsp3) is 0.429. The lowest BCUT2D eigenvalue weighted by Crippen LogP contribution is -2.15. The van der Waals surface area contributed by atoms with Gasteiger partial charge in [0.2, 0.25) is 0 Å². The number of hydrogen-bond donors (Lipinski definition) is 1. The fourth-order valence-corrected chi connectivity index (χ4v) is 1.92. The number of pyridine rings is 1. The Morgan fingerprint density at radius 1 is 1.33 bits per heavy atom. The number of nitrogens with zero attached hydrogens (tertiary/aromatic N) is 3. The molecule has 0 radical (unpaired) electrons. The average molecular weight is 242 g/mol. The van der Waals surface area contributed by atoms with Crippen LogP contribution in [0.25, 0.3) is 0 Å². The maximum Gasteiger partial charge on any atom is 0.0831 e. The first-order chi connectivity index (χ1) is 8.79. The van der Waals surface area contributed by atoms with Crippen LogP contribution in [0.4, 0.5) is 0 Å². The van der Waals surface area contributed by atoms with Crippen molar-refractivity contribution in [3.8, 4) is 0 Å². The van der Waals surface area contributed by atoms with Gasteiger partial charge in [-0.3, -0.25) is 9.67 Å². The van der Waals surface area contributed by atoms with Crippen molar-refractivity contribution in [3.63, 3.8) is 0 Å². The lowest BCUT2D eigenvalue weighted by molar-refractivity contribution is 0.665. The third-order valence-electron chi connectivity index (χ3n) is 3.14. The second kappa shape index (κ2) is 4.90. The highest BCUT2D eigenvalue weighted by atomic mass is 15.3. The average Bonchev–Trinajstić information content (AvgIpc) is 3.12.